The molecule has 0 aliphatic rings. The zero-order chi connectivity index (χ0) is 25.4. The van der Waals surface area contributed by atoms with Gasteiger partial charge in [0, 0.05) is 0 Å². The largest absolute Gasteiger partial charge is 0.415 e. The van der Waals surface area contributed by atoms with E-state index in [2.05, 4.69) is 88.9 Å². The molecule has 3 atom stereocenters. The molecule has 12 heteroatoms. The minimum absolute atomic E-state index is 0.384. The van der Waals surface area contributed by atoms with E-state index in [0.717, 1.165) is 0 Å². The third kappa shape index (κ3) is 15.5. The van der Waals surface area contributed by atoms with E-state index in [1.165, 1.54) is 14.2 Å². The van der Waals surface area contributed by atoms with Gasteiger partial charge in [-0.15, -0.1) is 0 Å². The van der Waals surface area contributed by atoms with Crippen molar-refractivity contribution in [1.29, 1.82) is 0 Å². The first-order chi connectivity index (χ1) is 14.3. The average molecular weight is 525 g/mol. The first-order valence-corrected chi connectivity index (χ1v) is 24.8. The maximum Gasteiger partial charge on any atom is 0.184 e. The van der Waals surface area contributed by atoms with Crippen LogP contribution in [0.1, 0.15) is 0 Å². The summed E-state index contributed by atoms with van der Waals surface area (Å²) in [6, 6.07) is 0. The van der Waals surface area contributed by atoms with Crippen LogP contribution in [0.2, 0.25) is 78.6 Å². The average Bonchev–Trinajstić information content (AvgIpc) is 2.55. The van der Waals surface area contributed by atoms with Gasteiger partial charge in [-0.3, -0.25) is 0 Å². The Morgan fingerprint density at radius 1 is 0.688 bits per heavy atom. The van der Waals surface area contributed by atoms with Crippen LogP contribution in [-0.4, -0.2) is 84.3 Å². The molecule has 0 bridgehead atoms. The number of rotatable bonds is 15. The number of nitrogens with zero attached hydrogens (tertiary/aromatic N) is 2. The molecule has 0 spiro atoms. The van der Waals surface area contributed by atoms with Crippen molar-refractivity contribution in [2.45, 2.75) is 96.9 Å². The van der Waals surface area contributed by atoms with Crippen molar-refractivity contribution in [3.8, 4) is 0 Å². The van der Waals surface area contributed by atoms with Gasteiger partial charge in [0.05, 0.1) is 12.8 Å². The van der Waals surface area contributed by atoms with Gasteiger partial charge in [-0.1, -0.05) is 10.3 Å². The standard InChI is InChI=1S/C20H48N2O6Si4/c1-23-21-15-17(26-30(6,7)8)20(28-32(12,13)14)19(22-24-2)18(27-31(9,10)11)16-25-29(3,4)5/h15,17-18,20H,16H2,1-14H3/b21-15+,22-19-. The maximum absolute atomic E-state index is 6.65. The van der Waals surface area contributed by atoms with Crippen LogP contribution in [0.25, 0.3) is 0 Å². The highest BCUT2D eigenvalue weighted by Gasteiger charge is 2.40. The lowest BCUT2D eigenvalue weighted by atomic mass is 10.1. The lowest BCUT2D eigenvalue weighted by molar-refractivity contribution is 0.0989. The summed E-state index contributed by atoms with van der Waals surface area (Å²) < 4.78 is 26.0. The Hall–Kier alpha value is -0.352. The molecule has 0 radical (unpaired) electrons. The zero-order valence-electron chi connectivity index (χ0n) is 22.9. The van der Waals surface area contributed by atoms with Crippen molar-refractivity contribution in [3.05, 3.63) is 0 Å². The van der Waals surface area contributed by atoms with Crippen LogP contribution < -0.4 is 0 Å². The van der Waals surface area contributed by atoms with Crippen molar-refractivity contribution >= 4 is 45.2 Å². The predicted octanol–water partition coefficient (Wildman–Crippen LogP) is 5.13. The zero-order valence-corrected chi connectivity index (χ0v) is 26.9. The van der Waals surface area contributed by atoms with Gasteiger partial charge in [0.1, 0.15) is 38.2 Å². The first kappa shape index (κ1) is 31.6. The van der Waals surface area contributed by atoms with E-state index >= 15 is 0 Å². The van der Waals surface area contributed by atoms with Gasteiger partial charge in [0.2, 0.25) is 0 Å². The second-order valence-electron chi connectivity index (χ2n) is 11.6. The van der Waals surface area contributed by atoms with E-state index in [9.17, 15) is 0 Å². The maximum atomic E-state index is 6.65. The van der Waals surface area contributed by atoms with E-state index in [4.69, 9.17) is 27.4 Å². The quantitative estimate of drug-likeness (QED) is 0.168. The SMILES string of the molecule is CO/N=C(/C(CO[Si](C)(C)C)O[Si](C)(C)C)C(O[Si](C)(C)C)C(/C=N/OC)O[Si](C)(C)C. The molecule has 0 aliphatic carbocycles. The van der Waals surface area contributed by atoms with Gasteiger partial charge in [0.15, 0.2) is 33.3 Å². The predicted molar refractivity (Wildman–Crippen MR) is 144 cm³/mol. The van der Waals surface area contributed by atoms with E-state index in [1.54, 1.807) is 6.21 Å². The molecular formula is C20H48N2O6Si4. The van der Waals surface area contributed by atoms with E-state index in [1.807, 2.05) is 0 Å². The topological polar surface area (TPSA) is 80.1 Å². The molecule has 32 heavy (non-hydrogen) atoms. The minimum atomic E-state index is -2.03. The Morgan fingerprint density at radius 2 is 1.19 bits per heavy atom. The molecule has 0 heterocycles. The van der Waals surface area contributed by atoms with E-state index in [-0.39, 0.29) is 0 Å². The van der Waals surface area contributed by atoms with Crippen LogP contribution >= 0.6 is 0 Å². The third-order valence-electron chi connectivity index (χ3n) is 3.56. The van der Waals surface area contributed by atoms with Crippen LogP contribution in [0.3, 0.4) is 0 Å². The van der Waals surface area contributed by atoms with Gasteiger partial charge in [-0.2, -0.15) is 0 Å². The first-order valence-electron chi connectivity index (χ1n) is 11.1. The lowest BCUT2D eigenvalue weighted by Crippen LogP contribution is -2.55. The van der Waals surface area contributed by atoms with Crippen LogP contribution in [0.4, 0.5) is 0 Å². The monoisotopic (exact) mass is 524 g/mol. The van der Waals surface area contributed by atoms with Crippen LogP contribution in [0.5, 0.6) is 0 Å². The molecule has 0 saturated heterocycles. The van der Waals surface area contributed by atoms with Gasteiger partial charge < -0.3 is 27.4 Å². The molecule has 0 saturated carbocycles. The number of hydrogen-bond acceptors (Lipinski definition) is 8. The van der Waals surface area contributed by atoms with Crippen LogP contribution in [-0.2, 0) is 27.4 Å². The molecule has 0 aromatic carbocycles. The number of hydrogen-bond donors (Lipinski definition) is 0. The Morgan fingerprint density at radius 3 is 1.56 bits per heavy atom. The molecule has 0 aliphatic heterocycles. The summed E-state index contributed by atoms with van der Waals surface area (Å²) in [5.74, 6) is 0. The summed E-state index contributed by atoms with van der Waals surface area (Å²) in [5, 5.41) is 8.46. The summed E-state index contributed by atoms with van der Waals surface area (Å²) in [4.78, 5) is 10.3. The van der Waals surface area contributed by atoms with Gasteiger partial charge >= 0.3 is 0 Å². The third-order valence-corrected chi connectivity index (χ3v) is 7.53. The molecule has 0 fully saturated rings. The summed E-state index contributed by atoms with van der Waals surface area (Å²) >= 11 is 0. The molecule has 190 valence electrons. The Kier molecular flexibility index (Phi) is 12.8. The van der Waals surface area contributed by atoms with Crippen LogP contribution in [0.15, 0.2) is 10.3 Å². The highest BCUT2D eigenvalue weighted by Crippen LogP contribution is 2.22. The fraction of sp³-hybridized carbons (Fsp3) is 0.900. The highest BCUT2D eigenvalue weighted by atomic mass is 28.4. The second kappa shape index (κ2) is 12.9. The minimum Gasteiger partial charge on any atom is -0.415 e. The molecule has 0 rings (SSSR count). The second-order valence-corrected chi connectivity index (χ2v) is 29.5. The van der Waals surface area contributed by atoms with Gasteiger partial charge in [0.25, 0.3) is 0 Å². The smallest absolute Gasteiger partial charge is 0.184 e. The summed E-state index contributed by atoms with van der Waals surface area (Å²) in [6.45, 7) is 26.1. The molecule has 0 aromatic rings. The van der Waals surface area contributed by atoms with Crippen molar-refractivity contribution in [2.24, 2.45) is 10.3 Å². The normalized spacial score (nSPS) is 17.4. The Bertz CT molecular complexity index is 607. The molecule has 0 N–H and O–H groups in total. The Labute approximate surface area is 200 Å². The summed E-state index contributed by atoms with van der Waals surface area (Å²) in [5.41, 5.74) is 0.626. The summed E-state index contributed by atoms with van der Waals surface area (Å²) in [6.07, 6.45) is 0.193. The van der Waals surface area contributed by atoms with Crippen molar-refractivity contribution in [3.63, 3.8) is 0 Å². The molecule has 0 amide bonds. The van der Waals surface area contributed by atoms with E-state index < -0.39 is 51.6 Å². The lowest BCUT2D eigenvalue weighted by Gasteiger charge is -2.38. The Balaban J connectivity index is 6.53. The van der Waals surface area contributed by atoms with Gasteiger partial charge in [-0.05, 0) is 78.6 Å². The molecule has 8 nitrogen and oxygen atoms in total. The fourth-order valence-electron chi connectivity index (χ4n) is 2.71. The molecule has 3 unspecified atom stereocenters. The van der Waals surface area contributed by atoms with Crippen molar-refractivity contribution < 1.29 is 27.4 Å². The summed E-state index contributed by atoms with van der Waals surface area (Å²) in [7, 11) is -4.71. The fourth-order valence-corrected chi connectivity index (χ4v) is 6.42. The van der Waals surface area contributed by atoms with Crippen molar-refractivity contribution in [1.82, 2.24) is 0 Å². The van der Waals surface area contributed by atoms with Crippen molar-refractivity contribution in [2.75, 3.05) is 20.8 Å². The van der Waals surface area contributed by atoms with Gasteiger partial charge in [-0.25, -0.2) is 0 Å². The van der Waals surface area contributed by atoms with Crippen LogP contribution in [0, 0.1) is 0 Å². The number of oxime groups is 2. The highest BCUT2D eigenvalue weighted by molar-refractivity contribution is 6.71. The molecular weight excluding hydrogens is 477 g/mol. The molecule has 0 aromatic heterocycles. The van der Waals surface area contributed by atoms with E-state index in [0.29, 0.717) is 12.3 Å².